The number of nitrogens with one attached hydrogen (secondary N) is 1. The summed E-state index contributed by atoms with van der Waals surface area (Å²) < 4.78 is 37.5. The van der Waals surface area contributed by atoms with Crippen LogP contribution in [0.2, 0.25) is 0 Å². The van der Waals surface area contributed by atoms with E-state index in [1.54, 1.807) is 7.05 Å². The zero-order valence-corrected chi connectivity index (χ0v) is 13.1. The van der Waals surface area contributed by atoms with Crippen molar-refractivity contribution < 1.29 is 13.2 Å². The number of thiazole rings is 1. The first-order valence-electron chi connectivity index (χ1n) is 6.68. The van der Waals surface area contributed by atoms with E-state index in [1.807, 2.05) is 0 Å². The molecule has 0 amide bonds. The Hall–Kier alpha value is -1.31. The van der Waals surface area contributed by atoms with Crippen LogP contribution in [0.3, 0.4) is 0 Å². The summed E-state index contributed by atoms with van der Waals surface area (Å²) in [5.41, 5.74) is -0.594. The second kappa shape index (κ2) is 5.82. The van der Waals surface area contributed by atoms with Crippen molar-refractivity contribution in [1.82, 2.24) is 15.2 Å². The summed E-state index contributed by atoms with van der Waals surface area (Å²) in [7, 11) is 1.68. The number of alkyl halides is 3. The van der Waals surface area contributed by atoms with E-state index in [1.165, 1.54) is 0 Å². The smallest absolute Gasteiger partial charge is 0.350 e. The maximum absolute atomic E-state index is 12.5. The number of guanidine groups is 1. The number of hydrogen-bond acceptors (Lipinski definition) is 3. The second-order valence-corrected chi connectivity index (χ2v) is 6.80. The predicted molar refractivity (Wildman–Crippen MR) is 77.3 cm³/mol. The van der Waals surface area contributed by atoms with Crippen molar-refractivity contribution in [2.45, 2.75) is 33.0 Å². The van der Waals surface area contributed by atoms with E-state index in [2.05, 4.69) is 34.0 Å². The van der Waals surface area contributed by atoms with Crippen molar-refractivity contribution in [3.8, 4) is 0 Å². The van der Waals surface area contributed by atoms with Crippen molar-refractivity contribution >= 4 is 17.3 Å². The van der Waals surface area contributed by atoms with E-state index in [4.69, 9.17) is 0 Å². The van der Waals surface area contributed by atoms with Gasteiger partial charge in [0.1, 0.15) is 5.01 Å². The first-order valence-corrected chi connectivity index (χ1v) is 7.56. The Morgan fingerprint density at radius 3 is 2.71 bits per heavy atom. The van der Waals surface area contributed by atoms with E-state index in [-0.39, 0.29) is 12.0 Å². The molecule has 2 rings (SSSR count). The lowest BCUT2D eigenvalue weighted by Gasteiger charge is -2.23. The number of hydrogen-bond donors (Lipinski definition) is 1. The molecule has 0 radical (unpaired) electrons. The molecule has 1 aromatic rings. The van der Waals surface area contributed by atoms with Gasteiger partial charge in [-0.25, -0.2) is 4.98 Å². The number of aromatic nitrogens is 1. The summed E-state index contributed by atoms with van der Waals surface area (Å²) in [6, 6.07) is 0. The highest BCUT2D eigenvalue weighted by molar-refractivity contribution is 7.09. The molecule has 0 bridgehead atoms. The van der Waals surface area contributed by atoms with Crippen LogP contribution in [0.25, 0.3) is 0 Å². The third-order valence-electron chi connectivity index (χ3n) is 3.43. The van der Waals surface area contributed by atoms with Crippen LogP contribution in [0.4, 0.5) is 13.2 Å². The molecule has 0 aromatic carbocycles. The van der Waals surface area contributed by atoms with Crippen LogP contribution in [0.15, 0.2) is 10.4 Å². The highest BCUT2D eigenvalue weighted by Gasteiger charge is 2.34. The van der Waals surface area contributed by atoms with E-state index in [0.29, 0.717) is 11.0 Å². The fourth-order valence-electron chi connectivity index (χ4n) is 2.30. The lowest BCUT2D eigenvalue weighted by molar-refractivity contribution is -0.140. The Balaban J connectivity index is 1.94. The summed E-state index contributed by atoms with van der Waals surface area (Å²) in [5.74, 6) is 0.712. The van der Waals surface area contributed by atoms with Gasteiger partial charge in [-0.05, 0) is 11.8 Å². The van der Waals surface area contributed by atoms with Gasteiger partial charge in [-0.15, -0.1) is 11.3 Å². The van der Waals surface area contributed by atoms with Gasteiger partial charge in [-0.1, -0.05) is 13.8 Å². The summed E-state index contributed by atoms with van der Waals surface area (Å²) in [6.45, 7) is 6.43. The molecule has 1 saturated heterocycles. The topological polar surface area (TPSA) is 40.5 Å². The average Bonchev–Trinajstić information content (AvgIpc) is 2.96. The van der Waals surface area contributed by atoms with Crippen LogP contribution >= 0.6 is 11.3 Å². The van der Waals surface area contributed by atoms with Crippen LogP contribution in [-0.2, 0) is 12.7 Å². The number of nitrogens with zero attached hydrogens (tertiary/aromatic N) is 3. The van der Waals surface area contributed by atoms with Gasteiger partial charge < -0.3 is 10.2 Å². The molecule has 4 nitrogen and oxygen atoms in total. The Morgan fingerprint density at radius 1 is 1.52 bits per heavy atom. The first kappa shape index (κ1) is 16.1. The van der Waals surface area contributed by atoms with E-state index in [9.17, 15) is 13.2 Å². The number of aliphatic imine (C=N–C) groups is 1. The number of likely N-dealkylation sites (tertiary alicyclic amines) is 1. The lowest BCUT2D eigenvalue weighted by atomic mass is 9.93. The molecular formula is C13H19F3N4S. The fraction of sp³-hybridized carbons (Fsp3) is 0.692. The maximum Gasteiger partial charge on any atom is 0.434 e. The lowest BCUT2D eigenvalue weighted by Crippen LogP contribution is -2.40. The van der Waals surface area contributed by atoms with E-state index in [0.717, 1.165) is 36.2 Å². The van der Waals surface area contributed by atoms with Gasteiger partial charge in [0.2, 0.25) is 0 Å². The quantitative estimate of drug-likeness (QED) is 0.673. The number of rotatable bonds is 2. The van der Waals surface area contributed by atoms with Crippen LogP contribution in [0.5, 0.6) is 0 Å². The molecule has 0 atom stereocenters. The molecule has 1 N–H and O–H groups in total. The largest absolute Gasteiger partial charge is 0.434 e. The number of halogens is 3. The normalized spacial score (nSPS) is 19.1. The summed E-state index contributed by atoms with van der Waals surface area (Å²) >= 11 is 1.00. The van der Waals surface area contributed by atoms with E-state index >= 15 is 0 Å². The molecule has 0 spiro atoms. The molecule has 1 fully saturated rings. The predicted octanol–water partition coefficient (Wildman–Crippen LogP) is 2.97. The summed E-state index contributed by atoms with van der Waals surface area (Å²) in [4.78, 5) is 9.92. The molecule has 0 saturated carbocycles. The highest BCUT2D eigenvalue weighted by Crippen LogP contribution is 2.30. The Labute approximate surface area is 126 Å². The molecule has 1 aliphatic heterocycles. The molecule has 0 unspecified atom stereocenters. The van der Waals surface area contributed by atoms with Crippen LogP contribution in [0.1, 0.15) is 31.0 Å². The van der Waals surface area contributed by atoms with Crippen LogP contribution < -0.4 is 5.32 Å². The molecule has 1 aliphatic rings. The van der Waals surface area contributed by atoms with Gasteiger partial charge in [0.25, 0.3) is 0 Å². The Kier molecular flexibility index (Phi) is 4.46. The third kappa shape index (κ3) is 4.09. The van der Waals surface area contributed by atoms with Crippen LogP contribution in [0, 0.1) is 5.41 Å². The molecule has 1 aromatic heterocycles. The Morgan fingerprint density at radius 2 is 2.24 bits per heavy atom. The molecule has 2 heterocycles. The standard InChI is InChI=1S/C13H19F3N4S/c1-12(2)4-5-20(8-12)11(17-3)18-6-10-19-9(7-21-10)13(14,15)16/h7H,4-6,8H2,1-3H3,(H,17,18). The zero-order valence-electron chi connectivity index (χ0n) is 12.3. The van der Waals surface area contributed by atoms with Gasteiger partial charge in [-0.3, -0.25) is 4.99 Å². The van der Waals surface area contributed by atoms with Gasteiger partial charge in [0, 0.05) is 25.5 Å². The minimum Gasteiger partial charge on any atom is -0.350 e. The molecular weight excluding hydrogens is 301 g/mol. The second-order valence-electron chi connectivity index (χ2n) is 5.86. The summed E-state index contributed by atoms with van der Waals surface area (Å²) in [5, 5.41) is 4.53. The van der Waals surface area contributed by atoms with Gasteiger partial charge in [0.15, 0.2) is 11.7 Å². The average molecular weight is 320 g/mol. The van der Waals surface area contributed by atoms with Gasteiger partial charge >= 0.3 is 6.18 Å². The van der Waals surface area contributed by atoms with E-state index < -0.39 is 11.9 Å². The first-order chi connectivity index (χ1) is 9.71. The van der Waals surface area contributed by atoms with Gasteiger partial charge in [-0.2, -0.15) is 13.2 Å². The summed E-state index contributed by atoms with van der Waals surface area (Å²) in [6.07, 6.45) is -3.31. The van der Waals surface area contributed by atoms with Crippen LogP contribution in [-0.4, -0.2) is 36.0 Å². The monoisotopic (exact) mass is 320 g/mol. The highest BCUT2D eigenvalue weighted by atomic mass is 32.1. The molecule has 21 heavy (non-hydrogen) atoms. The molecule has 8 heteroatoms. The molecule has 0 aliphatic carbocycles. The fourth-order valence-corrected chi connectivity index (χ4v) is 3.04. The minimum absolute atomic E-state index is 0.238. The van der Waals surface area contributed by atoms with Crippen molar-refractivity contribution in [3.63, 3.8) is 0 Å². The Bertz CT molecular complexity index is 522. The SMILES string of the molecule is CN=C(NCc1nc(C(F)(F)F)cs1)N1CCC(C)(C)C1. The van der Waals surface area contributed by atoms with Gasteiger partial charge in [0.05, 0.1) is 6.54 Å². The van der Waals surface area contributed by atoms with Crippen molar-refractivity contribution in [2.24, 2.45) is 10.4 Å². The minimum atomic E-state index is -4.38. The molecule has 118 valence electrons. The zero-order chi connectivity index (χ0) is 15.7. The van der Waals surface area contributed by atoms with Crippen molar-refractivity contribution in [1.29, 1.82) is 0 Å². The van der Waals surface area contributed by atoms with Crippen molar-refractivity contribution in [2.75, 3.05) is 20.1 Å². The third-order valence-corrected chi connectivity index (χ3v) is 4.28. The maximum atomic E-state index is 12.5. The van der Waals surface area contributed by atoms with Crippen molar-refractivity contribution in [3.05, 3.63) is 16.1 Å².